The Kier molecular flexibility index (Phi) is 4.01. The minimum Gasteiger partial charge on any atom is -0.495 e. The number of benzene rings is 1. The Hall–Kier alpha value is -1.58. The summed E-state index contributed by atoms with van der Waals surface area (Å²) in [6.07, 6.45) is 9.93. The van der Waals surface area contributed by atoms with Crippen molar-refractivity contribution in [1.82, 2.24) is 4.90 Å². The van der Waals surface area contributed by atoms with Crippen LogP contribution in [0.1, 0.15) is 23.5 Å². The molecule has 2 aliphatic carbocycles. The number of carbonyl (C=O) groups is 1. The highest BCUT2D eigenvalue weighted by Gasteiger charge is 2.46. The summed E-state index contributed by atoms with van der Waals surface area (Å²) in [6, 6.07) is 4.40. The Bertz CT molecular complexity index is 739. The first-order chi connectivity index (χ1) is 11.6. The summed E-state index contributed by atoms with van der Waals surface area (Å²) in [4.78, 5) is 15.0. The topological polar surface area (TPSA) is 29.5 Å². The van der Waals surface area contributed by atoms with Crippen molar-refractivity contribution in [1.29, 1.82) is 0 Å². The van der Waals surface area contributed by atoms with E-state index in [1.807, 2.05) is 6.08 Å². The summed E-state index contributed by atoms with van der Waals surface area (Å²) >= 11 is 6.37. The average molecular weight is 344 g/mol. The van der Waals surface area contributed by atoms with Crippen LogP contribution < -0.4 is 4.74 Å². The maximum Gasteiger partial charge on any atom is 0.141 e. The molecule has 0 amide bonds. The zero-order valence-electron chi connectivity index (χ0n) is 14.0. The van der Waals surface area contributed by atoms with Crippen LogP contribution in [0.4, 0.5) is 0 Å². The first-order valence-corrected chi connectivity index (χ1v) is 8.92. The predicted octanol–water partition coefficient (Wildman–Crippen LogP) is 3.62. The van der Waals surface area contributed by atoms with Crippen molar-refractivity contribution in [3.8, 4) is 5.75 Å². The van der Waals surface area contributed by atoms with Crippen LogP contribution in [0.15, 0.2) is 36.4 Å². The van der Waals surface area contributed by atoms with Crippen LogP contribution in [0.5, 0.6) is 5.75 Å². The van der Waals surface area contributed by atoms with E-state index in [4.69, 9.17) is 16.3 Å². The predicted molar refractivity (Wildman–Crippen MR) is 95.8 cm³/mol. The van der Waals surface area contributed by atoms with E-state index < -0.39 is 0 Å². The Morgan fingerprint density at radius 2 is 2.04 bits per heavy atom. The monoisotopic (exact) mass is 343 g/mol. The van der Waals surface area contributed by atoms with E-state index in [1.54, 1.807) is 7.11 Å². The highest BCUT2D eigenvalue weighted by molar-refractivity contribution is 6.32. The average Bonchev–Trinajstić information content (AvgIpc) is 2.72. The molecule has 1 saturated carbocycles. The van der Waals surface area contributed by atoms with Crippen LogP contribution in [0, 0.1) is 11.8 Å². The fourth-order valence-corrected chi connectivity index (χ4v) is 4.88. The fourth-order valence-electron chi connectivity index (χ4n) is 4.62. The first kappa shape index (κ1) is 15.9. The number of Topliss-reactive ketones (excluding diaryl/α,β-unsaturated/α-hetero) is 1. The molecule has 0 aromatic heterocycles. The summed E-state index contributed by atoms with van der Waals surface area (Å²) in [7, 11) is 3.79. The van der Waals surface area contributed by atoms with Crippen molar-refractivity contribution in [2.75, 3.05) is 20.7 Å². The molecule has 3 nitrogen and oxygen atoms in total. The second-order valence-electron chi connectivity index (χ2n) is 7.05. The molecule has 0 N–H and O–H groups in total. The summed E-state index contributed by atoms with van der Waals surface area (Å²) in [5.41, 5.74) is 2.59. The van der Waals surface area contributed by atoms with Gasteiger partial charge in [0.2, 0.25) is 0 Å². The third-order valence-corrected chi connectivity index (χ3v) is 6.16. The van der Waals surface area contributed by atoms with Gasteiger partial charge in [-0.2, -0.15) is 0 Å². The molecule has 126 valence electrons. The molecule has 4 heteroatoms. The van der Waals surface area contributed by atoms with Crippen molar-refractivity contribution >= 4 is 17.4 Å². The molecule has 1 heterocycles. The van der Waals surface area contributed by atoms with Crippen LogP contribution in [0.25, 0.3) is 0 Å². The molecular formula is C20H22ClNO2. The maximum atomic E-state index is 12.7. The van der Waals surface area contributed by atoms with Crippen LogP contribution in [0.3, 0.4) is 0 Å². The van der Waals surface area contributed by atoms with Crippen molar-refractivity contribution < 1.29 is 9.53 Å². The molecule has 1 aromatic carbocycles. The van der Waals surface area contributed by atoms with E-state index in [2.05, 4.69) is 42.3 Å². The van der Waals surface area contributed by atoms with Gasteiger partial charge in [-0.3, -0.25) is 4.79 Å². The lowest BCUT2D eigenvalue weighted by Crippen LogP contribution is -2.48. The Morgan fingerprint density at radius 1 is 1.25 bits per heavy atom. The van der Waals surface area contributed by atoms with Crippen LogP contribution in [-0.2, 0) is 11.2 Å². The lowest BCUT2D eigenvalue weighted by Gasteiger charge is -2.44. The molecule has 0 spiro atoms. The van der Waals surface area contributed by atoms with Gasteiger partial charge in [0.1, 0.15) is 11.5 Å². The molecule has 4 rings (SSSR count). The lowest BCUT2D eigenvalue weighted by atomic mass is 9.64. The van der Waals surface area contributed by atoms with Crippen LogP contribution >= 0.6 is 11.6 Å². The maximum absolute atomic E-state index is 12.7. The van der Waals surface area contributed by atoms with Gasteiger partial charge >= 0.3 is 0 Å². The SMILES string of the molecule is COc1cc2c(cc1Cl)CCN(C)[C@H]1CC(=O)C3C=CC=CC3[C@H]21. The second-order valence-corrected chi connectivity index (χ2v) is 7.46. The normalized spacial score (nSPS) is 31.9. The standard InChI is InChI=1S/C20H22ClNO2/c1-22-8-7-12-9-16(21)19(24-2)10-15(12)20-14-6-4-3-5-13(14)18(23)11-17(20)22/h3-6,9-10,13-14,17,20H,7-8,11H2,1-2H3/t13?,14?,17-,20+/m0/s1. The molecule has 4 atom stereocenters. The quantitative estimate of drug-likeness (QED) is 0.780. The molecule has 1 aliphatic heterocycles. The summed E-state index contributed by atoms with van der Waals surface area (Å²) in [5, 5.41) is 0.667. The van der Waals surface area contributed by atoms with Crippen molar-refractivity contribution in [3.05, 3.63) is 52.6 Å². The Labute approximate surface area is 147 Å². The number of likely N-dealkylation sites (N-methyl/N-ethyl adjacent to an activating group) is 1. The molecule has 0 radical (unpaired) electrons. The number of ketones is 1. The summed E-state index contributed by atoms with van der Waals surface area (Å²) in [5.74, 6) is 1.59. The molecule has 2 unspecified atom stereocenters. The zero-order chi connectivity index (χ0) is 16.8. The smallest absolute Gasteiger partial charge is 0.141 e. The van der Waals surface area contributed by atoms with Gasteiger partial charge in [-0.25, -0.2) is 0 Å². The van der Waals surface area contributed by atoms with Gasteiger partial charge in [-0.15, -0.1) is 0 Å². The van der Waals surface area contributed by atoms with Crippen molar-refractivity contribution in [2.24, 2.45) is 11.8 Å². The van der Waals surface area contributed by atoms with Crippen molar-refractivity contribution in [2.45, 2.75) is 24.8 Å². The molecule has 0 saturated heterocycles. The second kappa shape index (κ2) is 6.05. The number of carbonyl (C=O) groups excluding carboxylic acids is 1. The van der Waals surface area contributed by atoms with Crippen LogP contribution in [-0.4, -0.2) is 37.4 Å². The van der Waals surface area contributed by atoms with Crippen molar-refractivity contribution in [3.63, 3.8) is 0 Å². The summed E-state index contributed by atoms with van der Waals surface area (Å²) in [6.45, 7) is 0.945. The minimum atomic E-state index is -0.00253. The van der Waals surface area contributed by atoms with E-state index in [0.29, 0.717) is 23.1 Å². The van der Waals surface area contributed by atoms with E-state index in [-0.39, 0.29) is 17.9 Å². The highest BCUT2D eigenvalue weighted by atomic mass is 35.5. The van der Waals surface area contributed by atoms with Gasteiger partial charge < -0.3 is 9.64 Å². The Morgan fingerprint density at radius 3 is 2.83 bits per heavy atom. The Balaban J connectivity index is 1.87. The fraction of sp³-hybridized carbons (Fsp3) is 0.450. The van der Waals surface area contributed by atoms with Gasteiger partial charge in [-0.1, -0.05) is 35.9 Å². The van der Waals surface area contributed by atoms with E-state index in [0.717, 1.165) is 18.7 Å². The number of ether oxygens (including phenoxy) is 1. The number of rotatable bonds is 1. The number of allylic oxidation sites excluding steroid dienone is 4. The third kappa shape index (κ3) is 2.42. The molecular weight excluding hydrogens is 322 g/mol. The third-order valence-electron chi connectivity index (χ3n) is 5.86. The van der Waals surface area contributed by atoms with Crippen LogP contribution in [0.2, 0.25) is 5.02 Å². The van der Waals surface area contributed by atoms with E-state index in [1.165, 1.54) is 11.1 Å². The zero-order valence-corrected chi connectivity index (χ0v) is 14.8. The van der Waals surface area contributed by atoms with Gasteiger partial charge in [0.25, 0.3) is 0 Å². The minimum absolute atomic E-state index is 0.00253. The number of hydrogen-bond donors (Lipinski definition) is 0. The molecule has 1 aromatic rings. The molecule has 3 aliphatic rings. The van der Waals surface area contributed by atoms with Gasteiger partial charge in [-0.05, 0) is 42.6 Å². The molecule has 0 bridgehead atoms. The van der Waals surface area contributed by atoms with Gasteiger partial charge in [0.15, 0.2) is 0 Å². The number of nitrogens with zero attached hydrogens (tertiary/aromatic N) is 1. The number of hydrogen-bond acceptors (Lipinski definition) is 3. The number of fused-ring (bicyclic) bond motifs is 5. The van der Waals surface area contributed by atoms with Gasteiger partial charge in [0, 0.05) is 30.8 Å². The van der Waals surface area contributed by atoms with E-state index >= 15 is 0 Å². The highest BCUT2D eigenvalue weighted by Crippen LogP contribution is 2.48. The number of halogens is 1. The first-order valence-electron chi connectivity index (χ1n) is 8.54. The lowest BCUT2D eigenvalue weighted by molar-refractivity contribution is -0.126. The van der Waals surface area contributed by atoms with Gasteiger partial charge in [0.05, 0.1) is 12.1 Å². The summed E-state index contributed by atoms with van der Waals surface area (Å²) < 4.78 is 5.47. The molecule has 24 heavy (non-hydrogen) atoms. The van der Waals surface area contributed by atoms with E-state index in [9.17, 15) is 4.79 Å². The largest absolute Gasteiger partial charge is 0.495 e. The molecule has 1 fully saturated rings. The number of methoxy groups -OCH3 is 1.